The van der Waals surface area contributed by atoms with Crippen LogP contribution in [-0.2, 0) is 14.6 Å². The van der Waals surface area contributed by atoms with Crippen LogP contribution in [0.5, 0.6) is 0 Å². The Hall–Kier alpha value is -0.420. The first-order valence-corrected chi connectivity index (χ1v) is 5.23. The number of rotatable bonds is 3. The van der Waals surface area contributed by atoms with Crippen molar-refractivity contribution in [1.29, 1.82) is 0 Å². The average Bonchev–Trinajstić information content (AvgIpc) is 1.79. The molecule has 0 atom stereocenters. The molecule has 0 radical (unpaired) electrons. The predicted molar refractivity (Wildman–Crippen MR) is 40.9 cm³/mol. The van der Waals surface area contributed by atoms with Crippen LogP contribution in [0.25, 0.3) is 0 Å². The Morgan fingerprint density at radius 3 is 2.36 bits per heavy atom. The van der Waals surface area contributed by atoms with Crippen molar-refractivity contribution < 1.29 is 13.2 Å². The van der Waals surface area contributed by atoms with Gasteiger partial charge < -0.3 is 10.5 Å². The maximum absolute atomic E-state index is 10.7. The monoisotopic (exact) mass is 177 g/mol. The summed E-state index contributed by atoms with van der Waals surface area (Å²) >= 11 is 0. The molecule has 1 rings (SSSR count). The highest BCUT2D eigenvalue weighted by Crippen LogP contribution is 2.24. The molecular weight excluding hydrogens is 166 g/mol. The van der Waals surface area contributed by atoms with Crippen LogP contribution in [0.4, 0.5) is 0 Å². The molecule has 1 heterocycles. The molecular formula is C6H11NO3S. The van der Waals surface area contributed by atoms with Gasteiger partial charge in [-0.1, -0.05) is 0 Å². The fourth-order valence-electron chi connectivity index (χ4n) is 1.32. The molecule has 0 aromatic heterocycles. The lowest BCUT2D eigenvalue weighted by molar-refractivity contribution is -0.108. The van der Waals surface area contributed by atoms with Gasteiger partial charge in [0.05, 0.1) is 11.5 Å². The Balaban J connectivity index is 2.43. The molecule has 5 heteroatoms. The maximum atomic E-state index is 10.7. The van der Waals surface area contributed by atoms with E-state index >= 15 is 0 Å². The van der Waals surface area contributed by atoms with Crippen LogP contribution < -0.4 is 5.73 Å². The van der Waals surface area contributed by atoms with Gasteiger partial charge in [0.25, 0.3) is 0 Å². The first-order chi connectivity index (χ1) is 4.97. The van der Waals surface area contributed by atoms with E-state index in [0.29, 0.717) is 12.8 Å². The highest BCUT2D eigenvalue weighted by Gasteiger charge is 2.44. The second-order valence-electron chi connectivity index (χ2n) is 3.10. The quantitative estimate of drug-likeness (QED) is 0.566. The van der Waals surface area contributed by atoms with Crippen LogP contribution in [-0.4, -0.2) is 31.7 Å². The van der Waals surface area contributed by atoms with Gasteiger partial charge in [0.15, 0.2) is 9.84 Å². The van der Waals surface area contributed by atoms with E-state index in [4.69, 9.17) is 5.73 Å². The first-order valence-electron chi connectivity index (χ1n) is 3.40. The van der Waals surface area contributed by atoms with Crippen molar-refractivity contribution in [3.63, 3.8) is 0 Å². The van der Waals surface area contributed by atoms with Crippen molar-refractivity contribution in [1.82, 2.24) is 0 Å². The second kappa shape index (κ2) is 2.57. The number of carbonyl (C=O) groups is 1. The molecule has 0 aromatic carbocycles. The molecule has 0 bridgehead atoms. The van der Waals surface area contributed by atoms with Crippen molar-refractivity contribution in [2.75, 3.05) is 11.5 Å². The van der Waals surface area contributed by atoms with Gasteiger partial charge in [0.1, 0.15) is 6.29 Å². The minimum Gasteiger partial charge on any atom is -0.323 e. The molecule has 11 heavy (non-hydrogen) atoms. The fourth-order valence-corrected chi connectivity index (χ4v) is 3.28. The summed E-state index contributed by atoms with van der Waals surface area (Å²) in [5.74, 6) is 0.0711. The summed E-state index contributed by atoms with van der Waals surface area (Å²) in [5, 5.41) is 0. The average molecular weight is 177 g/mol. The lowest BCUT2D eigenvalue weighted by Crippen LogP contribution is -2.61. The summed E-state index contributed by atoms with van der Waals surface area (Å²) in [6.07, 6.45) is 1.60. The lowest BCUT2D eigenvalue weighted by Gasteiger charge is -2.36. The summed E-state index contributed by atoms with van der Waals surface area (Å²) in [7, 11) is -2.86. The normalized spacial score (nSPS) is 25.5. The Bertz CT molecular complexity index is 245. The molecule has 2 N–H and O–H groups in total. The Morgan fingerprint density at radius 2 is 2.00 bits per heavy atom. The smallest absolute Gasteiger partial charge is 0.153 e. The predicted octanol–water partition coefficient (Wildman–Crippen LogP) is -0.909. The minimum atomic E-state index is -2.86. The van der Waals surface area contributed by atoms with Gasteiger partial charge in [-0.15, -0.1) is 0 Å². The second-order valence-corrected chi connectivity index (χ2v) is 5.16. The van der Waals surface area contributed by atoms with Gasteiger partial charge in [-0.05, 0) is 6.42 Å². The van der Waals surface area contributed by atoms with Gasteiger partial charge >= 0.3 is 0 Å². The molecule has 0 unspecified atom stereocenters. The third-order valence-electron chi connectivity index (χ3n) is 1.77. The van der Waals surface area contributed by atoms with Crippen LogP contribution in [0.15, 0.2) is 0 Å². The Morgan fingerprint density at radius 1 is 1.45 bits per heavy atom. The van der Waals surface area contributed by atoms with Crippen molar-refractivity contribution in [3.8, 4) is 0 Å². The molecule has 0 aromatic rings. The number of hydrogen-bond acceptors (Lipinski definition) is 4. The van der Waals surface area contributed by atoms with E-state index in [2.05, 4.69) is 0 Å². The Labute approximate surface area is 65.7 Å². The molecule has 1 aliphatic heterocycles. The van der Waals surface area contributed by atoms with E-state index in [0.717, 1.165) is 6.29 Å². The summed E-state index contributed by atoms with van der Waals surface area (Å²) in [5.41, 5.74) is 5.02. The van der Waals surface area contributed by atoms with Crippen LogP contribution >= 0.6 is 0 Å². The van der Waals surface area contributed by atoms with E-state index < -0.39 is 15.4 Å². The summed E-state index contributed by atoms with van der Waals surface area (Å²) in [6.45, 7) is 0. The Kier molecular flexibility index (Phi) is 2.02. The topological polar surface area (TPSA) is 77.2 Å². The van der Waals surface area contributed by atoms with Crippen LogP contribution in [0.1, 0.15) is 12.8 Å². The van der Waals surface area contributed by atoms with E-state index in [-0.39, 0.29) is 11.5 Å². The lowest BCUT2D eigenvalue weighted by atomic mass is 9.99. The van der Waals surface area contributed by atoms with Gasteiger partial charge in [0, 0.05) is 12.0 Å². The van der Waals surface area contributed by atoms with Gasteiger partial charge in [-0.2, -0.15) is 0 Å². The minimum absolute atomic E-state index is 0.0356. The van der Waals surface area contributed by atoms with Crippen molar-refractivity contribution in [3.05, 3.63) is 0 Å². The highest BCUT2D eigenvalue weighted by molar-refractivity contribution is 7.93. The van der Waals surface area contributed by atoms with E-state index in [1.54, 1.807) is 0 Å². The van der Waals surface area contributed by atoms with Gasteiger partial charge in [-0.25, -0.2) is 8.42 Å². The summed E-state index contributed by atoms with van der Waals surface area (Å²) < 4.78 is 21.4. The third kappa shape index (κ3) is 2.00. The number of nitrogens with two attached hydrogens (primary N) is 1. The summed E-state index contributed by atoms with van der Waals surface area (Å²) in [4.78, 5) is 9.95. The molecule has 0 spiro atoms. The van der Waals surface area contributed by atoms with Gasteiger partial charge in [0.2, 0.25) is 0 Å². The standard InChI is InChI=1S/C6H11NO3S/c7-6(2-1-3-8)4-11(9,10)5-6/h3H,1-2,4-5,7H2. The molecule has 1 fully saturated rings. The van der Waals surface area contributed by atoms with Crippen molar-refractivity contribution in [2.24, 2.45) is 5.73 Å². The number of carbonyl (C=O) groups excluding carboxylic acids is 1. The van der Waals surface area contributed by atoms with Crippen molar-refractivity contribution in [2.45, 2.75) is 18.4 Å². The SMILES string of the molecule is NC1(CCC=O)CS(=O)(=O)C1. The molecule has 4 nitrogen and oxygen atoms in total. The first kappa shape index (κ1) is 8.67. The largest absolute Gasteiger partial charge is 0.323 e. The van der Waals surface area contributed by atoms with Crippen LogP contribution in [0, 0.1) is 0 Å². The zero-order valence-corrected chi connectivity index (χ0v) is 6.93. The molecule has 64 valence electrons. The van der Waals surface area contributed by atoms with Gasteiger partial charge in [-0.3, -0.25) is 0 Å². The third-order valence-corrected chi connectivity index (χ3v) is 3.80. The number of aldehydes is 1. The molecule has 0 saturated carbocycles. The number of sulfone groups is 1. The van der Waals surface area contributed by atoms with Crippen LogP contribution in [0.2, 0.25) is 0 Å². The molecule has 1 saturated heterocycles. The molecule has 0 amide bonds. The van der Waals surface area contributed by atoms with Crippen molar-refractivity contribution >= 4 is 16.1 Å². The summed E-state index contributed by atoms with van der Waals surface area (Å²) in [6, 6.07) is 0. The molecule has 0 aliphatic carbocycles. The van der Waals surface area contributed by atoms with E-state index in [9.17, 15) is 13.2 Å². The zero-order valence-electron chi connectivity index (χ0n) is 6.12. The number of hydrogen-bond donors (Lipinski definition) is 1. The zero-order chi connectivity index (χ0) is 8.54. The fraction of sp³-hybridized carbons (Fsp3) is 0.833. The maximum Gasteiger partial charge on any atom is 0.153 e. The van der Waals surface area contributed by atoms with E-state index in [1.165, 1.54) is 0 Å². The van der Waals surface area contributed by atoms with Crippen LogP contribution in [0.3, 0.4) is 0 Å². The highest BCUT2D eigenvalue weighted by atomic mass is 32.2. The molecule has 1 aliphatic rings. The van der Waals surface area contributed by atoms with E-state index in [1.807, 2.05) is 0 Å².